The number of nitrogens with one attached hydrogen (secondary N) is 3. The second kappa shape index (κ2) is 14.9. The third-order valence-electron chi connectivity index (χ3n) is 19.4. The number of fused-ring (bicyclic) bond motifs is 9. The second-order valence-corrected chi connectivity index (χ2v) is 21.1. The molecule has 0 aromatic heterocycles. The Labute approximate surface area is 322 Å². The Bertz CT molecular complexity index is 1200. The molecular weight excluding hydrogens is 651 g/mol. The first-order valence-electron chi connectivity index (χ1n) is 24.1. The summed E-state index contributed by atoms with van der Waals surface area (Å²) in [6.45, 7) is 7.36. The van der Waals surface area contributed by atoms with Crippen molar-refractivity contribution in [2.75, 3.05) is 39.3 Å². The van der Waals surface area contributed by atoms with Crippen LogP contribution in [0.15, 0.2) is 0 Å². The zero-order valence-electron chi connectivity index (χ0n) is 33.3. The summed E-state index contributed by atoms with van der Waals surface area (Å²) in [4.78, 5) is 9.71. The Kier molecular flexibility index (Phi) is 9.94. The van der Waals surface area contributed by atoms with E-state index in [1.807, 2.05) is 0 Å². The number of piperidine rings is 3. The van der Waals surface area contributed by atoms with Gasteiger partial charge in [0, 0.05) is 79.9 Å². The maximum absolute atomic E-state index is 11.0. The van der Waals surface area contributed by atoms with Gasteiger partial charge in [-0.25, -0.2) is 0 Å². The van der Waals surface area contributed by atoms with E-state index in [-0.39, 0.29) is 5.92 Å². The van der Waals surface area contributed by atoms with Crippen molar-refractivity contribution < 1.29 is 0 Å². The fraction of sp³-hybridized carbons (Fsp3) is 0.978. The topological polar surface area (TPSA) is 69.6 Å². The van der Waals surface area contributed by atoms with Crippen LogP contribution >= 0.6 is 0 Å². The lowest BCUT2D eigenvalue weighted by atomic mass is 9.63. The molecule has 11 rings (SSSR count). The van der Waals surface area contributed by atoms with Crippen LogP contribution in [0.1, 0.15) is 135 Å². The summed E-state index contributed by atoms with van der Waals surface area (Å²) in [5, 5.41) is 22.7. The molecule has 11 fully saturated rings. The van der Waals surface area contributed by atoms with Crippen LogP contribution in [0.3, 0.4) is 0 Å². The maximum atomic E-state index is 11.0. The highest BCUT2D eigenvalue weighted by Crippen LogP contribution is 2.57. The number of nitrogens with zero attached hydrogens (tertiary/aromatic N) is 4. The second-order valence-electron chi connectivity index (χ2n) is 21.1. The molecule has 5 aliphatic carbocycles. The maximum Gasteiger partial charge on any atom is 0.0657 e. The molecule has 14 unspecified atom stereocenters. The molecule has 0 aromatic carbocycles. The molecule has 7 heteroatoms. The van der Waals surface area contributed by atoms with Crippen LogP contribution in [0, 0.1) is 64.6 Å². The third kappa shape index (κ3) is 5.89. The summed E-state index contributed by atoms with van der Waals surface area (Å²) in [6.07, 6.45) is 29.8. The Morgan fingerprint density at radius 2 is 0.792 bits per heavy atom. The minimum absolute atomic E-state index is 0.219. The van der Waals surface area contributed by atoms with Gasteiger partial charge in [-0.15, -0.1) is 0 Å². The zero-order chi connectivity index (χ0) is 35.0. The molecule has 294 valence electrons. The van der Waals surface area contributed by atoms with E-state index in [2.05, 4.69) is 36.7 Å². The molecule has 11 aliphatic rings. The van der Waals surface area contributed by atoms with Crippen molar-refractivity contribution in [3.05, 3.63) is 0 Å². The Hall–Kier alpha value is -0.750. The summed E-state index contributed by atoms with van der Waals surface area (Å²) >= 11 is 0. The molecule has 5 saturated carbocycles. The highest BCUT2D eigenvalue weighted by Gasteiger charge is 2.61. The molecule has 7 nitrogen and oxygen atoms in total. The highest BCUT2D eigenvalue weighted by molar-refractivity contribution is 5.16. The van der Waals surface area contributed by atoms with Gasteiger partial charge in [0.05, 0.1) is 6.07 Å². The van der Waals surface area contributed by atoms with Crippen LogP contribution in [-0.4, -0.2) is 108 Å². The smallest absolute Gasteiger partial charge is 0.0657 e. The molecule has 53 heavy (non-hydrogen) atoms. The lowest BCUT2D eigenvalue weighted by molar-refractivity contribution is -0.0711. The van der Waals surface area contributed by atoms with Gasteiger partial charge in [0.15, 0.2) is 0 Å². The molecule has 3 N–H and O–H groups in total. The highest BCUT2D eigenvalue weighted by atomic mass is 15.3. The molecule has 0 bridgehead atoms. The van der Waals surface area contributed by atoms with E-state index >= 15 is 0 Å². The predicted octanol–water partition coefficient (Wildman–Crippen LogP) is 6.39. The van der Waals surface area contributed by atoms with E-state index in [1.165, 1.54) is 161 Å². The van der Waals surface area contributed by atoms with Crippen LogP contribution in [0.2, 0.25) is 0 Å². The van der Waals surface area contributed by atoms with Gasteiger partial charge in [-0.3, -0.25) is 14.7 Å². The molecular formula is C46H75N7. The van der Waals surface area contributed by atoms with E-state index in [1.54, 1.807) is 0 Å². The number of hydrogen-bond acceptors (Lipinski definition) is 7. The third-order valence-corrected chi connectivity index (χ3v) is 19.4. The molecule has 0 spiro atoms. The average molecular weight is 726 g/mol. The Morgan fingerprint density at radius 3 is 1.25 bits per heavy atom. The quantitative estimate of drug-likeness (QED) is 0.311. The summed E-state index contributed by atoms with van der Waals surface area (Å²) in [5.74, 6) is 7.30. The van der Waals surface area contributed by atoms with Gasteiger partial charge in [0.2, 0.25) is 0 Å². The summed E-state index contributed by atoms with van der Waals surface area (Å²) in [6, 6.07) is 9.65. The van der Waals surface area contributed by atoms with Crippen LogP contribution in [0.5, 0.6) is 0 Å². The van der Waals surface area contributed by atoms with Gasteiger partial charge in [-0.2, -0.15) is 5.26 Å². The number of likely N-dealkylation sites (tertiary alicyclic amines) is 3. The summed E-state index contributed by atoms with van der Waals surface area (Å²) < 4.78 is 0. The Balaban J connectivity index is 0.941. The van der Waals surface area contributed by atoms with Crippen molar-refractivity contribution in [1.82, 2.24) is 30.7 Å². The minimum atomic E-state index is 0.219. The van der Waals surface area contributed by atoms with Crippen LogP contribution in [0.4, 0.5) is 0 Å². The van der Waals surface area contributed by atoms with Crippen molar-refractivity contribution >= 4 is 0 Å². The van der Waals surface area contributed by atoms with Crippen molar-refractivity contribution in [2.45, 2.75) is 189 Å². The van der Waals surface area contributed by atoms with E-state index in [0.717, 1.165) is 90.4 Å². The largest absolute Gasteiger partial charge is 0.315 e. The molecule has 14 atom stereocenters. The van der Waals surface area contributed by atoms with Gasteiger partial charge in [0.25, 0.3) is 0 Å². The first-order chi connectivity index (χ1) is 26.3. The predicted molar refractivity (Wildman–Crippen MR) is 212 cm³/mol. The SMILES string of the molecule is N#CC1CC(N2C3CCCCC3C3CCNCC32)C(C2CCC(N3C4CCCCC4C4CCNCC43)CC2)C(N2C3CCCCC3C3CCNCC32)C1. The molecule has 6 heterocycles. The van der Waals surface area contributed by atoms with Gasteiger partial charge >= 0.3 is 0 Å². The lowest BCUT2D eigenvalue weighted by Gasteiger charge is -2.57. The first kappa shape index (κ1) is 35.4. The minimum Gasteiger partial charge on any atom is -0.315 e. The number of rotatable bonds is 4. The van der Waals surface area contributed by atoms with Crippen molar-refractivity contribution in [2.24, 2.45) is 53.3 Å². The van der Waals surface area contributed by atoms with E-state index in [0.29, 0.717) is 24.2 Å². The van der Waals surface area contributed by atoms with Crippen LogP contribution in [0.25, 0.3) is 0 Å². The molecule has 0 radical (unpaired) electrons. The van der Waals surface area contributed by atoms with Crippen molar-refractivity contribution in [3.63, 3.8) is 0 Å². The standard InChI is InChI=1S/C46H75N7/c47-25-29-23-41(52-39-11-5-2-8-33(39)36-18-21-49-27-44(36)52)46(42(24-29)53-40-12-6-3-9-34(40)37-19-22-50-28-45(37)53)30-13-15-31(16-14-30)51-38-10-4-1-7-32(38)35-17-20-48-26-43(35)51/h29-46,48-50H,1-24,26-28H2. The molecule has 0 amide bonds. The normalized spacial score (nSPS) is 53.4. The number of nitriles is 1. The number of hydrogen-bond donors (Lipinski definition) is 3. The van der Waals surface area contributed by atoms with Gasteiger partial charge in [0.1, 0.15) is 0 Å². The fourth-order valence-electron chi connectivity index (χ4n) is 17.8. The molecule has 6 aliphatic heterocycles. The van der Waals surface area contributed by atoms with Crippen LogP contribution < -0.4 is 16.0 Å². The fourth-order valence-corrected chi connectivity index (χ4v) is 17.8. The summed E-state index contributed by atoms with van der Waals surface area (Å²) in [5.41, 5.74) is 0. The zero-order valence-corrected chi connectivity index (χ0v) is 33.3. The summed E-state index contributed by atoms with van der Waals surface area (Å²) in [7, 11) is 0. The first-order valence-corrected chi connectivity index (χ1v) is 24.1. The monoisotopic (exact) mass is 726 g/mol. The van der Waals surface area contributed by atoms with Crippen molar-refractivity contribution in [3.8, 4) is 6.07 Å². The van der Waals surface area contributed by atoms with Gasteiger partial charge in [-0.1, -0.05) is 38.5 Å². The molecule has 0 aromatic rings. The van der Waals surface area contributed by atoms with Crippen LogP contribution in [-0.2, 0) is 0 Å². The van der Waals surface area contributed by atoms with Gasteiger partial charge in [-0.05, 0) is 163 Å². The molecule has 6 saturated heterocycles. The average Bonchev–Trinajstić information content (AvgIpc) is 3.86. The van der Waals surface area contributed by atoms with E-state index in [4.69, 9.17) is 0 Å². The van der Waals surface area contributed by atoms with E-state index < -0.39 is 0 Å². The Morgan fingerprint density at radius 1 is 0.396 bits per heavy atom. The van der Waals surface area contributed by atoms with E-state index in [9.17, 15) is 5.26 Å². The van der Waals surface area contributed by atoms with Crippen molar-refractivity contribution in [1.29, 1.82) is 5.26 Å². The van der Waals surface area contributed by atoms with Gasteiger partial charge < -0.3 is 16.0 Å². The lowest BCUT2D eigenvalue weighted by Crippen LogP contribution is -2.64.